The molecular weight excluding hydrogens is 376 g/mol. The molecule has 28 heavy (non-hydrogen) atoms. The van der Waals surface area contributed by atoms with Crippen LogP contribution in [0.15, 0.2) is 48.5 Å². The van der Waals surface area contributed by atoms with Gasteiger partial charge in [-0.3, -0.25) is 4.79 Å². The molecule has 1 saturated heterocycles. The molecule has 1 aliphatic heterocycles. The summed E-state index contributed by atoms with van der Waals surface area (Å²) >= 11 is 0. The first-order chi connectivity index (χ1) is 13.4. The number of hydrogen-bond donors (Lipinski definition) is 1. The average molecular weight is 403 g/mol. The molecule has 1 N–H and O–H groups in total. The Hall–Kier alpha value is -2.38. The Balaban J connectivity index is 1.65. The minimum Gasteiger partial charge on any atom is -0.496 e. The van der Waals surface area contributed by atoms with Crippen LogP contribution in [0.1, 0.15) is 47.3 Å². The maximum Gasteiger partial charge on any atom is 0.251 e. The lowest BCUT2D eigenvalue weighted by molar-refractivity contribution is 0.0939. The fourth-order valence-electron chi connectivity index (χ4n) is 3.40. The van der Waals surface area contributed by atoms with Crippen LogP contribution < -0.4 is 10.1 Å². The Labute approximate surface area is 166 Å². The predicted octanol–water partition coefficient (Wildman–Crippen LogP) is 3.11. The first-order valence-electron chi connectivity index (χ1n) is 9.41. The van der Waals surface area contributed by atoms with E-state index >= 15 is 0 Å². The molecule has 0 aromatic heterocycles. The number of hydrogen-bond acceptors (Lipinski definition) is 4. The third kappa shape index (κ3) is 4.72. The Morgan fingerprint density at radius 1 is 1.11 bits per heavy atom. The number of para-hydroxylation sites is 1. The van der Waals surface area contributed by atoms with E-state index in [0.717, 1.165) is 24.2 Å². The van der Waals surface area contributed by atoms with Gasteiger partial charge in [0.1, 0.15) is 5.75 Å². The van der Waals surface area contributed by atoms with Crippen molar-refractivity contribution in [3.8, 4) is 5.75 Å². The molecule has 150 valence electrons. The molecule has 0 radical (unpaired) electrons. The molecule has 0 bridgehead atoms. The third-order valence-corrected chi connectivity index (χ3v) is 6.83. The Bertz CT molecular complexity index is 920. The summed E-state index contributed by atoms with van der Waals surface area (Å²) in [4.78, 5) is 12.6. The van der Waals surface area contributed by atoms with Gasteiger partial charge in [-0.1, -0.05) is 30.3 Å². The van der Waals surface area contributed by atoms with Crippen molar-refractivity contribution in [2.75, 3.05) is 20.2 Å². The first-order valence-corrected chi connectivity index (χ1v) is 11.0. The standard InChI is InChI=1S/C21H26N2O4S/c1-16(19-7-3-4-8-20(19)27-2)22-21(24)18-11-9-17(10-12-18)15-28(25,26)23-13-5-6-14-23/h3-4,7-12,16H,5-6,13-15H2,1-2H3,(H,22,24). The zero-order valence-electron chi connectivity index (χ0n) is 16.2. The molecule has 1 aliphatic rings. The van der Waals surface area contributed by atoms with Crippen molar-refractivity contribution in [1.29, 1.82) is 0 Å². The predicted molar refractivity (Wildman–Crippen MR) is 109 cm³/mol. The number of rotatable bonds is 7. The largest absolute Gasteiger partial charge is 0.496 e. The van der Waals surface area contributed by atoms with E-state index < -0.39 is 10.0 Å². The zero-order valence-corrected chi connectivity index (χ0v) is 17.0. The van der Waals surface area contributed by atoms with Crippen LogP contribution in [0.2, 0.25) is 0 Å². The molecule has 1 fully saturated rings. The van der Waals surface area contributed by atoms with Crippen LogP contribution in [-0.2, 0) is 15.8 Å². The van der Waals surface area contributed by atoms with E-state index in [-0.39, 0.29) is 17.7 Å². The van der Waals surface area contributed by atoms with Gasteiger partial charge in [-0.05, 0) is 43.5 Å². The lowest BCUT2D eigenvalue weighted by Crippen LogP contribution is -2.29. The van der Waals surface area contributed by atoms with Crippen LogP contribution in [0.25, 0.3) is 0 Å². The molecule has 6 nitrogen and oxygen atoms in total. The van der Waals surface area contributed by atoms with Crippen LogP contribution >= 0.6 is 0 Å². The number of nitrogens with one attached hydrogen (secondary N) is 1. The average Bonchev–Trinajstić information content (AvgIpc) is 3.24. The summed E-state index contributed by atoms with van der Waals surface area (Å²) in [7, 11) is -1.69. The summed E-state index contributed by atoms with van der Waals surface area (Å²) in [5.41, 5.74) is 2.07. The van der Waals surface area contributed by atoms with E-state index in [2.05, 4.69) is 5.32 Å². The van der Waals surface area contributed by atoms with Crippen molar-refractivity contribution < 1.29 is 17.9 Å². The first kappa shape index (κ1) is 20.4. The summed E-state index contributed by atoms with van der Waals surface area (Å²) in [6.07, 6.45) is 1.84. The van der Waals surface area contributed by atoms with Gasteiger partial charge in [-0.25, -0.2) is 12.7 Å². The van der Waals surface area contributed by atoms with Crippen molar-refractivity contribution in [3.63, 3.8) is 0 Å². The molecule has 7 heteroatoms. The molecular formula is C21H26N2O4S. The topological polar surface area (TPSA) is 75.7 Å². The van der Waals surface area contributed by atoms with E-state index in [9.17, 15) is 13.2 Å². The second-order valence-corrected chi connectivity index (χ2v) is 8.97. The molecule has 1 heterocycles. The summed E-state index contributed by atoms with van der Waals surface area (Å²) in [6.45, 7) is 3.10. The van der Waals surface area contributed by atoms with Crippen LogP contribution in [0.3, 0.4) is 0 Å². The van der Waals surface area contributed by atoms with Gasteiger partial charge in [-0.2, -0.15) is 0 Å². The van der Waals surface area contributed by atoms with Crippen molar-refractivity contribution >= 4 is 15.9 Å². The van der Waals surface area contributed by atoms with Crippen molar-refractivity contribution in [2.45, 2.75) is 31.6 Å². The molecule has 0 spiro atoms. The molecule has 0 saturated carbocycles. The van der Waals surface area contributed by atoms with E-state index in [0.29, 0.717) is 24.2 Å². The van der Waals surface area contributed by atoms with Gasteiger partial charge in [0.05, 0.1) is 18.9 Å². The Kier molecular flexibility index (Phi) is 6.36. The van der Waals surface area contributed by atoms with Crippen LogP contribution in [0.4, 0.5) is 0 Å². The second-order valence-electron chi connectivity index (χ2n) is 7.00. The number of nitrogens with zero attached hydrogens (tertiary/aromatic N) is 1. The van der Waals surface area contributed by atoms with Gasteiger partial charge in [0.15, 0.2) is 0 Å². The minimum absolute atomic E-state index is 0.0352. The summed E-state index contributed by atoms with van der Waals surface area (Å²) in [6, 6.07) is 14.1. The van der Waals surface area contributed by atoms with Crippen molar-refractivity contribution in [2.24, 2.45) is 0 Å². The lowest BCUT2D eigenvalue weighted by atomic mass is 10.1. The smallest absolute Gasteiger partial charge is 0.251 e. The number of benzene rings is 2. The third-order valence-electron chi connectivity index (χ3n) is 4.98. The Morgan fingerprint density at radius 3 is 2.39 bits per heavy atom. The van der Waals surface area contributed by atoms with Crippen molar-refractivity contribution in [3.05, 3.63) is 65.2 Å². The van der Waals surface area contributed by atoms with Gasteiger partial charge >= 0.3 is 0 Å². The lowest BCUT2D eigenvalue weighted by Gasteiger charge is -2.17. The molecule has 1 amide bonds. The van der Waals surface area contributed by atoms with E-state index in [4.69, 9.17) is 4.74 Å². The van der Waals surface area contributed by atoms with E-state index in [1.165, 1.54) is 0 Å². The van der Waals surface area contributed by atoms with Gasteiger partial charge in [0, 0.05) is 24.2 Å². The number of sulfonamides is 1. The minimum atomic E-state index is -3.29. The monoisotopic (exact) mass is 402 g/mol. The Morgan fingerprint density at radius 2 is 1.75 bits per heavy atom. The second kappa shape index (κ2) is 8.75. The molecule has 1 unspecified atom stereocenters. The van der Waals surface area contributed by atoms with Gasteiger partial charge in [-0.15, -0.1) is 0 Å². The van der Waals surface area contributed by atoms with Crippen LogP contribution in [-0.4, -0.2) is 38.8 Å². The molecule has 2 aromatic rings. The van der Waals surface area contributed by atoms with E-state index in [1.54, 1.807) is 35.7 Å². The molecule has 1 atom stereocenters. The molecule has 2 aromatic carbocycles. The molecule has 0 aliphatic carbocycles. The number of carbonyl (C=O) groups excluding carboxylic acids is 1. The number of carbonyl (C=O) groups is 1. The number of methoxy groups -OCH3 is 1. The maximum absolute atomic E-state index is 12.6. The number of amides is 1. The normalized spacial score (nSPS) is 15.9. The summed E-state index contributed by atoms with van der Waals surface area (Å²) in [5, 5.41) is 2.95. The van der Waals surface area contributed by atoms with Gasteiger partial charge < -0.3 is 10.1 Å². The quantitative estimate of drug-likeness (QED) is 0.772. The fourth-order valence-corrected chi connectivity index (χ4v) is 5.01. The van der Waals surface area contributed by atoms with Crippen molar-refractivity contribution in [1.82, 2.24) is 9.62 Å². The fraction of sp³-hybridized carbons (Fsp3) is 0.381. The highest BCUT2D eigenvalue weighted by atomic mass is 32.2. The maximum atomic E-state index is 12.6. The molecule has 3 rings (SSSR count). The SMILES string of the molecule is COc1ccccc1C(C)NC(=O)c1ccc(CS(=O)(=O)N2CCCC2)cc1. The zero-order chi connectivity index (χ0) is 20.1. The van der Waals surface area contributed by atoms with Gasteiger partial charge in [0.2, 0.25) is 10.0 Å². The van der Waals surface area contributed by atoms with Gasteiger partial charge in [0.25, 0.3) is 5.91 Å². The van der Waals surface area contributed by atoms with Crippen LogP contribution in [0.5, 0.6) is 5.75 Å². The highest BCUT2D eigenvalue weighted by Gasteiger charge is 2.25. The highest BCUT2D eigenvalue weighted by molar-refractivity contribution is 7.88. The highest BCUT2D eigenvalue weighted by Crippen LogP contribution is 2.24. The van der Waals surface area contributed by atoms with E-state index in [1.807, 2.05) is 31.2 Å². The van der Waals surface area contributed by atoms with Crippen LogP contribution in [0, 0.1) is 0 Å². The summed E-state index contributed by atoms with van der Waals surface area (Å²) < 4.78 is 31.7. The number of ether oxygens (including phenoxy) is 1. The summed E-state index contributed by atoms with van der Waals surface area (Å²) in [5.74, 6) is 0.470.